The summed E-state index contributed by atoms with van der Waals surface area (Å²) in [4.78, 5) is 15.2. The van der Waals surface area contributed by atoms with E-state index in [2.05, 4.69) is 11.2 Å². The molecule has 0 atom stereocenters. The van der Waals surface area contributed by atoms with Gasteiger partial charge in [-0.2, -0.15) is 10.4 Å². The van der Waals surface area contributed by atoms with Crippen LogP contribution in [0.3, 0.4) is 0 Å². The van der Waals surface area contributed by atoms with E-state index in [-0.39, 0.29) is 18.4 Å². The standard InChI is InChI=1S/C22H21ClN4O3/c23-16-4-1-5-18(14-16)27-20(21-6-2-11-30-21)15-19(25-27)22(28)26(10-3-9-24)17-7-12-29-13-8-17/h1-2,4-6,11,14-15,17H,3,7-8,10,12-13H2. The number of carbonyl (C=O) groups excluding carboxylic acids is 1. The first-order valence-electron chi connectivity index (χ1n) is 9.83. The van der Waals surface area contributed by atoms with Gasteiger partial charge in [-0.3, -0.25) is 4.79 Å². The predicted molar refractivity (Wildman–Crippen MR) is 111 cm³/mol. The van der Waals surface area contributed by atoms with Crippen LogP contribution in [0.25, 0.3) is 17.1 Å². The first kappa shape index (κ1) is 20.2. The van der Waals surface area contributed by atoms with Gasteiger partial charge in [0.15, 0.2) is 11.5 Å². The van der Waals surface area contributed by atoms with Gasteiger partial charge < -0.3 is 14.1 Å². The molecule has 8 heteroatoms. The number of hydrogen-bond donors (Lipinski definition) is 0. The number of rotatable bonds is 6. The van der Waals surface area contributed by atoms with Crippen molar-refractivity contribution in [3.8, 4) is 23.2 Å². The zero-order chi connectivity index (χ0) is 20.9. The minimum Gasteiger partial charge on any atom is -0.463 e. The van der Waals surface area contributed by atoms with E-state index in [9.17, 15) is 4.79 Å². The first-order chi connectivity index (χ1) is 14.7. The smallest absolute Gasteiger partial charge is 0.274 e. The molecule has 2 aromatic heterocycles. The van der Waals surface area contributed by atoms with Crippen LogP contribution in [-0.2, 0) is 4.74 Å². The van der Waals surface area contributed by atoms with Gasteiger partial charge in [-0.25, -0.2) is 4.68 Å². The zero-order valence-electron chi connectivity index (χ0n) is 16.3. The SMILES string of the molecule is N#CCCN(C(=O)c1cc(-c2ccco2)n(-c2cccc(Cl)c2)n1)C1CCOCC1. The summed E-state index contributed by atoms with van der Waals surface area (Å²) in [6, 6.07) is 14.7. The van der Waals surface area contributed by atoms with Gasteiger partial charge in [-0.15, -0.1) is 0 Å². The van der Waals surface area contributed by atoms with Crippen LogP contribution in [-0.4, -0.2) is 46.4 Å². The number of ether oxygens (including phenoxy) is 1. The van der Waals surface area contributed by atoms with E-state index in [1.807, 2.05) is 18.2 Å². The van der Waals surface area contributed by atoms with Crippen molar-refractivity contribution in [2.75, 3.05) is 19.8 Å². The Morgan fingerprint density at radius 2 is 2.10 bits per heavy atom. The van der Waals surface area contributed by atoms with Gasteiger partial charge in [0, 0.05) is 36.9 Å². The molecule has 0 saturated carbocycles. The summed E-state index contributed by atoms with van der Waals surface area (Å²) >= 11 is 6.17. The minimum atomic E-state index is -0.203. The molecule has 3 aromatic rings. The molecule has 1 aliphatic heterocycles. The van der Waals surface area contributed by atoms with Crippen LogP contribution in [0.1, 0.15) is 29.8 Å². The van der Waals surface area contributed by atoms with Gasteiger partial charge in [0.25, 0.3) is 5.91 Å². The number of benzene rings is 1. The molecule has 1 amide bonds. The summed E-state index contributed by atoms with van der Waals surface area (Å²) < 4.78 is 12.7. The molecule has 4 rings (SSSR count). The Balaban J connectivity index is 1.73. The molecule has 3 heterocycles. The number of amides is 1. The molecule has 0 N–H and O–H groups in total. The third-order valence-electron chi connectivity index (χ3n) is 5.11. The second-order valence-electron chi connectivity index (χ2n) is 7.03. The molecule has 154 valence electrons. The lowest BCUT2D eigenvalue weighted by Crippen LogP contribution is -2.44. The summed E-state index contributed by atoms with van der Waals surface area (Å²) in [6.07, 6.45) is 3.34. The Kier molecular flexibility index (Phi) is 6.17. The van der Waals surface area contributed by atoms with E-state index in [1.165, 1.54) is 0 Å². The normalized spacial score (nSPS) is 14.4. The maximum atomic E-state index is 13.4. The van der Waals surface area contributed by atoms with Gasteiger partial charge in [0.2, 0.25) is 0 Å². The average Bonchev–Trinajstić information content (AvgIpc) is 3.44. The molecule has 30 heavy (non-hydrogen) atoms. The van der Waals surface area contributed by atoms with Crippen LogP contribution in [0.2, 0.25) is 5.02 Å². The van der Waals surface area contributed by atoms with E-state index >= 15 is 0 Å². The predicted octanol–water partition coefficient (Wildman–Crippen LogP) is 4.32. The van der Waals surface area contributed by atoms with Crippen molar-refractivity contribution in [3.05, 3.63) is 59.4 Å². The maximum absolute atomic E-state index is 13.4. The highest BCUT2D eigenvalue weighted by molar-refractivity contribution is 6.30. The van der Waals surface area contributed by atoms with Crippen LogP contribution in [0.15, 0.2) is 53.1 Å². The van der Waals surface area contributed by atoms with E-state index in [4.69, 9.17) is 26.0 Å². The quantitative estimate of drug-likeness (QED) is 0.588. The van der Waals surface area contributed by atoms with Crippen molar-refractivity contribution in [1.82, 2.24) is 14.7 Å². The Bertz CT molecular complexity index is 1050. The van der Waals surface area contributed by atoms with Crippen molar-refractivity contribution in [2.45, 2.75) is 25.3 Å². The molecule has 1 saturated heterocycles. The second kappa shape index (κ2) is 9.16. The Morgan fingerprint density at radius 3 is 2.80 bits per heavy atom. The number of hydrogen-bond acceptors (Lipinski definition) is 5. The van der Waals surface area contributed by atoms with Crippen molar-refractivity contribution in [2.24, 2.45) is 0 Å². The molecule has 0 bridgehead atoms. The summed E-state index contributed by atoms with van der Waals surface area (Å²) in [5.74, 6) is 0.391. The average molecular weight is 425 g/mol. The molecule has 0 spiro atoms. The lowest BCUT2D eigenvalue weighted by molar-refractivity contribution is 0.0292. The van der Waals surface area contributed by atoms with E-state index < -0.39 is 0 Å². The number of aromatic nitrogens is 2. The number of halogens is 1. The number of carbonyl (C=O) groups is 1. The Labute approximate surface area is 179 Å². The van der Waals surface area contributed by atoms with Crippen LogP contribution >= 0.6 is 11.6 Å². The highest BCUT2D eigenvalue weighted by atomic mass is 35.5. The van der Waals surface area contributed by atoms with Gasteiger partial charge in [-0.05, 0) is 43.2 Å². The summed E-state index contributed by atoms with van der Waals surface area (Å²) in [5.41, 5.74) is 1.67. The second-order valence-corrected chi connectivity index (χ2v) is 7.47. The van der Waals surface area contributed by atoms with E-state index in [1.54, 1.807) is 40.1 Å². The third kappa shape index (κ3) is 4.25. The summed E-state index contributed by atoms with van der Waals surface area (Å²) in [6.45, 7) is 1.57. The van der Waals surface area contributed by atoms with E-state index in [0.29, 0.717) is 41.9 Å². The Hall–Kier alpha value is -3.08. The molecule has 1 aliphatic rings. The maximum Gasteiger partial charge on any atom is 0.274 e. The van der Waals surface area contributed by atoms with E-state index in [0.717, 1.165) is 18.5 Å². The highest BCUT2D eigenvalue weighted by Gasteiger charge is 2.29. The van der Waals surface area contributed by atoms with Crippen molar-refractivity contribution >= 4 is 17.5 Å². The third-order valence-corrected chi connectivity index (χ3v) is 5.35. The van der Waals surface area contributed by atoms with Gasteiger partial charge in [0.1, 0.15) is 5.69 Å². The lowest BCUT2D eigenvalue weighted by atomic mass is 10.1. The Morgan fingerprint density at radius 1 is 1.27 bits per heavy atom. The molecule has 1 aromatic carbocycles. The number of nitriles is 1. The number of furan rings is 1. The van der Waals surface area contributed by atoms with Crippen molar-refractivity contribution in [3.63, 3.8) is 0 Å². The molecule has 0 radical (unpaired) electrons. The largest absolute Gasteiger partial charge is 0.463 e. The molecule has 1 fully saturated rings. The van der Waals surface area contributed by atoms with Crippen molar-refractivity contribution in [1.29, 1.82) is 5.26 Å². The number of nitrogens with zero attached hydrogens (tertiary/aromatic N) is 4. The topological polar surface area (TPSA) is 84.3 Å². The fraction of sp³-hybridized carbons (Fsp3) is 0.318. The molecular weight excluding hydrogens is 404 g/mol. The van der Waals surface area contributed by atoms with Gasteiger partial charge in [-0.1, -0.05) is 17.7 Å². The van der Waals surface area contributed by atoms with Gasteiger partial charge in [0.05, 0.1) is 24.4 Å². The van der Waals surface area contributed by atoms with Crippen LogP contribution < -0.4 is 0 Å². The summed E-state index contributed by atoms with van der Waals surface area (Å²) in [7, 11) is 0. The van der Waals surface area contributed by atoms with Gasteiger partial charge >= 0.3 is 0 Å². The first-order valence-corrected chi connectivity index (χ1v) is 10.2. The molecule has 0 aliphatic carbocycles. The van der Waals surface area contributed by atoms with Crippen LogP contribution in [0, 0.1) is 11.3 Å². The fourth-order valence-electron chi connectivity index (χ4n) is 3.65. The molecular formula is C22H21ClN4O3. The zero-order valence-corrected chi connectivity index (χ0v) is 17.1. The van der Waals surface area contributed by atoms with Crippen LogP contribution in [0.4, 0.5) is 0 Å². The highest BCUT2D eigenvalue weighted by Crippen LogP contribution is 2.27. The minimum absolute atomic E-state index is 0.0305. The van der Waals surface area contributed by atoms with Crippen molar-refractivity contribution < 1.29 is 13.9 Å². The summed E-state index contributed by atoms with van der Waals surface area (Å²) in [5, 5.41) is 14.2. The van der Waals surface area contributed by atoms with Crippen LogP contribution in [0.5, 0.6) is 0 Å². The monoisotopic (exact) mass is 424 g/mol. The lowest BCUT2D eigenvalue weighted by Gasteiger charge is -2.33. The fourth-order valence-corrected chi connectivity index (χ4v) is 3.84. The molecule has 7 nitrogen and oxygen atoms in total. The molecule has 0 unspecified atom stereocenters.